The molecule has 4 heterocycles. The molecular weight excluding hydrogens is 448 g/mol. The number of benzene rings is 2. The van der Waals surface area contributed by atoms with E-state index in [-0.39, 0.29) is 0 Å². The largest absolute Gasteiger partial charge is 0.491 e. The second-order valence-corrected chi connectivity index (χ2v) is 9.62. The summed E-state index contributed by atoms with van der Waals surface area (Å²) in [5.41, 5.74) is 2.20. The first kappa shape index (κ1) is 22.9. The van der Waals surface area contributed by atoms with Crippen molar-refractivity contribution in [3.63, 3.8) is 0 Å². The number of rotatable bonds is 16. The summed E-state index contributed by atoms with van der Waals surface area (Å²) < 4.78 is 34.3. The van der Waals surface area contributed by atoms with Crippen molar-refractivity contribution < 1.29 is 28.4 Å². The van der Waals surface area contributed by atoms with Crippen LogP contribution in [0.3, 0.4) is 0 Å². The Kier molecular flexibility index (Phi) is 6.95. The van der Waals surface area contributed by atoms with E-state index in [1.165, 1.54) is 0 Å². The van der Waals surface area contributed by atoms with Crippen LogP contribution in [0.25, 0.3) is 0 Å². The summed E-state index contributed by atoms with van der Waals surface area (Å²) in [6.07, 6.45) is 2.04. The van der Waals surface area contributed by atoms with Crippen LogP contribution in [0.1, 0.15) is 6.42 Å². The lowest BCUT2D eigenvalue weighted by Gasteiger charge is -2.26. The maximum Gasteiger partial charge on any atom is 0.142 e. The molecule has 0 saturated carbocycles. The van der Waals surface area contributed by atoms with Crippen molar-refractivity contribution in [2.45, 2.75) is 30.8 Å². The Morgan fingerprint density at radius 3 is 1.26 bits per heavy atom. The monoisotopic (exact) mass is 482 g/mol. The van der Waals surface area contributed by atoms with E-state index in [1.54, 1.807) is 0 Å². The van der Waals surface area contributed by atoms with Crippen LogP contribution in [0.5, 0.6) is 11.5 Å². The van der Waals surface area contributed by atoms with Crippen molar-refractivity contribution >= 4 is 11.4 Å². The molecule has 8 nitrogen and oxygen atoms in total. The quantitative estimate of drug-likeness (QED) is 0.267. The molecule has 0 bridgehead atoms. The molecule has 2 aromatic carbocycles. The van der Waals surface area contributed by atoms with Crippen LogP contribution in [0, 0.1) is 0 Å². The number of para-hydroxylation sites is 4. The highest BCUT2D eigenvalue weighted by Gasteiger charge is 2.33. The molecule has 0 N–H and O–H groups in total. The van der Waals surface area contributed by atoms with Crippen molar-refractivity contribution in [2.75, 3.05) is 75.6 Å². The average molecular weight is 483 g/mol. The third-order valence-electron chi connectivity index (χ3n) is 6.52. The molecule has 4 aliphatic rings. The van der Waals surface area contributed by atoms with Crippen molar-refractivity contribution in [1.82, 2.24) is 0 Å². The molecule has 4 atom stereocenters. The fourth-order valence-electron chi connectivity index (χ4n) is 4.32. The lowest BCUT2D eigenvalue weighted by molar-refractivity contribution is 0.247. The third kappa shape index (κ3) is 6.79. The topological polar surface area (TPSA) is 75.1 Å². The fraction of sp³-hybridized carbons (Fsp3) is 0.556. The first-order valence-electron chi connectivity index (χ1n) is 12.7. The van der Waals surface area contributed by atoms with Gasteiger partial charge in [0.1, 0.15) is 11.5 Å². The third-order valence-corrected chi connectivity index (χ3v) is 6.52. The summed E-state index contributed by atoms with van der Waals surface area (Å²) in [5, 5.41) is 0. The van der Waals surface area contributed by atoms with Gasteiger partial charge in [-0.3, -0.25) is 0 Å². The van der Waals surface area contributed by atoms with E-state index >= 15 is 0 Å². The van der Waals surface area contributed by atoms with E-state index in [2.05, 4.69) is 34.1 Å². The SMILES string of the molecule is c1ccc(N(CC2CO2)CC2CO2)c(OCCCOc2ccccc2N(CC2CO2)CC2CO2)c1. The van der Waals surface area contributed by atoms with Gasteiger partial charge in [0.15, 0.2) is 0 Å². The van der Waals surface area contributed by atoms with Gasteiger partial charge >= 0.3 is 0 Å². The van der Waals surface area contributed by atoms with Crippen molar-refractivity contribution in [1.29, 1.82) is 0 Å². The predicted octanol–water partition coefficient (Wildman–Crippen LogP) is 2.74. The van der Waals surface area contributed by atoms with Crippen LogP contribution in [0.15, 0.2) is 48.5 Å². The highest BCUT2D eigenvalue weighted by molar-refractivity contribution is 5.59. The molecule has 35 heavy (non-hydrogen) atoms. The van der Waals surface area contributed by atoms with Gasteiger partial charge in [0.25, 0.3) is 0 Å². The molecule has 0 aliphatic carbocycles. The van der Waals surface area contributed by atoms with E-state index in [1.807, 2.05) is 24.3 Å². The zero-order valence-corrected chi connectivity index (χ0v) is 20.1. The Labute approximate surface area is 206 Å². The van der Waals surface area contributed by atoms with E-state index in [9.17, 15) is 0 Å². The lowest BCUT2D eigenvalue weighted by atomic mass is 10.2. The minimum absolute atomic E-state index is 0.313. The van der Waals surface area contributed by atoms with Gasteiger partial charge in [0, 0.05) is 32.6 Å². The van der Waals surface area contributed by atoms with Crippen molar-refractivity contribution in [3.8, 4) is 11.5 Å². The summed E-state index contributed by atoms with van der Waals surface area (Å²) in [4.78, 5) is 4.67. The molecule has 4 unspecified atom stereocenters. The van der Waals surface area contributed by atoms with Gasteiger partial charge in [-0.2, -0.15) is 0 Å². The van der Waals surface area contributed by atoms with Gasteiger partial charge < -0.3 is 38.2 Å². The van der Waals surface area contributed by atoms with Crippen LogP contribution < -0.4 is 19.3 Å². The Balaban J connectivity index is 1.02. The Morgan fingerprint density at radius 1 is 0.571 bits per heavy atom. The smallest absolute Gasteiger partial charge is 0.142 e. The standard InChI is InChI=1S/C27H34N2O6/c1-3-8-26(24(6-1)28(12-20-16-32-20)13-21-17-33-21)30-10-5-11-31-27-9-4-2-7-25(27)29(14-22-18-34-22)15-23-19-35-23/h1-4,6-9,20-23H,5,10-19H2. The van der Waals surface area contributed by atoms with Gasteiger partial charge in [-0.1, -0.05) is 24.3 Å². The second-order valence-electron chi connectivity index (χ2n) is 9.62. The highest BCUT2D eigenvalue weighted by Crippen LogP contribution is 2.33. The normalized spacial score (nSPS) is 25.6. The van der Waals surface area contributed by atoms with Crippen molar-refractivity contribution in [2.24, 2.45) is 0 Å². The molecule has 0 radical (unpaired) electrons. The summed E-state index contributed by atoms with van der Waals surface area (Å²) in [6, 6.07) is 16.5. The Bertz CT molecular complexity index is 868. The summed E-state index contributed by atoms with van der Waals surface area (Å²) in [6.45, 7) is 7.99. The zero-order chi connectivity index (χ0) is 23.5. The van der Waals surface area contributed by atoms with Gasteiger partial charge in [-0.15, -0.1) is 0 Å². The first-order valence-corrected chi connectivity index (χ1v) is 12.7. The number of ether oxygens (including phenoxy) is 6. The molecule has 4 saturated heterocycles. The average Bonchev–Trinajstić information content (AvgIpc) is 3.69. The number of epoxide rings is 4. The lowest BCUT2D eigenvalue weighted by Crippen LogP contribution is -2.32. The minimum Gasteiger partial charge on any atom is -0.491 e. The van der Waals surface area contributed by atoms with Gasteiger partial charge in [-0.25, -0.2) is 0 Å². The van der Waals surface area contributed by atoms with Crippen LogP contribution >= 0.6 is 0 Å². The molecule has 0 aromatic heterocycles. The number of nitrogens with zero attached hydrogens (tertiary/aromatic N) is 2. The molecule has 4 fully saturated rings. The molecular formula is C27H34N2O6. The number of hydrogen-bond acceptors (Lipinski definition) is 8. The van der Waals surface area contributed by atoms with Crippen LogP contribution in [-0.2, 0) is 18.9 Å². The van der Waals surface area contributed by atoms with E-state index < -0.39 is 0 Å². The molecule has 2 aromatic rings. The molecule has 188 valence electrons. The molecule has 4 aliphatic heterocycles. The molecule has 6 rings (SSSR count). The Morgan fingerprint density at radius 2 is 0.914 bits per heavy atom. The first-order chi connectivity index (χ1) is 17.3. The minimum atomic E-state index is 0.313. The summed E-state index contributed by atoms with van der Waals surface area (Å²) >= 11 is 0. The molecule has 0 amide bonds. The maximum absolute atomic E-state index is 6.21. The molecule has 0 spiro atoms. The van der Waals surface area contributed by atoms with Gasteiger partial charge in [0.05, 0.1) is 75.4 Å². The van der Waals surface area contributed by atoms with E-state index in [0.717, 1.165) is 81.9 Å². The summed E-state index contributed by atoms with van der Waals surface area (Å²) in [7, 11) is 0. The van der Waals surface area contributed by atoms with E-state index in [0.29, 0.717) is 37.6 Å². The van der Waals surface area contributed by atoms with Gasteiger partial charge in [-0.05, 0) is 24.3 Å². The molecule has 8 heteroatoms. The Hall–Kier alpha value is -2.52. The van der Waals surface area contributed by atoms with Crippen LogP contribution in [0.4, 0.5) is 11.4 Å². The van der Waals surface area contributed by atoms with Crippen LogP contribution in [-0.4, -0.2) is 90.2 Å². The van der Waals surface area contributed by atoms with E-state index in [4.69, 9.17) is 28.4 Å². The summed E-state index contributed by atoms with van der Waals surface area (Å²) in [5.74, 6) is 1.79. The predicted molar refractivity (Wildman–Crippen MR) is 132 cm³/mol. The number of hydrogen-bond donors (Lipinski definition) is 0. The van der Waals surface area contributed by atoms with Crippen molar-refractivity contribution in [3.05, 3.63) is 48.5 Å². The zero-order valence-electron chi connectivity index (χ0n) is 20.1. The number of anilines is 2. The fourth-order valence-corrected chi connectivity index (χ4v) is 4.32. The second kappa shape index (κ2) is 10.6. The van der Waals surface area contributed by atoms with Gasteiger partial charge in [0.2, 0.25) is 0 Å². The maximum atomic E-state index is 6.21. The highest BCUT2D eigenvalue weighted by atomic mass is 16.6. The van der Waals surface area contributed by atoms with Crippen LogP contribution in [0.2, 0.25) is 0 Å².